The van der Waals surface area contributed by atoms with Gasteiger partial charge in [0.25, 0.3) is 5.91 Å². The second-order valence-electron chi connectivity index (χ2n) is 8.47. The molecular weight excluding hydrogens is 432 g/mol. The molecule has 1 aromatic carbocycles. The van der Waals surface area contributed by atoms with Crippen LogP contribution in [0.25, 0.3) is 0 Å². The highest BCUT2D eigenvalue weighted by Gasteiger charge is 2.28. The van der Waals surface area contributed by atoms with E-state index in [1.54, 1.807) is 28.0 Å². The highest BCUT2D eigenvalue weighted by atomic mass is 32.2. The number of rotatable bonds is 6. The molecule has 0 radical (unpaired) electrons. The number of benzene rings is 1. The molecule has 2 saturated heterocycles. The summed E-state index contributed by atoms with van der Waals surface area (Å²) in [6.45, 7) is 9.50. The van der Waals surface area contributed by atoms with Gasteiger partial charge >= 0.3 is 5.97 Å². The molecule has 2 fully saturated rings. The fourth-order valence-corrected chi connectivity index (χ4v) is 4.99. The van der Waals surface area contributed by atoms with Gasteiger partial charge in [0.1, 0.15) is 0 Å². The van der Waals surface area contributed by atoms with E-state index in [-0.39, 0.29) is 48.6 Å². The SMILES string of the molecule is C[C@@H]1CN(C(=O)COC(=O)c2ccccc2SCC(=O)N2C[C@H](C)O[C@@H](C)C2)C[C@@H](C)O1. The zero-order valence-corrected chi connectivity index (χ0v) is 19.9. The van der Waals surface area contributed by atoms with Crippen molar-refractivity contribution in [2.45, 2.75) is 57.0 Å². The minimum absolute atomic E-state index is 0.00458. The summed E-state index contributed by atoms with van der Waals surface area (Å²) >= 11 is 1.30. The molecule has 3 rings (SSSR count). The lowest BCUT2D eigenvalue weighted by Gasteiger charge is -2.35. The monoisotopic (exact) mass is 464 g/mol. The molecule has 0 saturated carbocycles. The van der Waals surface area contributed by atoms with Gasteiger partial charge in [0, 0.05) is 31.1 Å². The van der Waals surface area contributed by atoms with E-state index in [9.17, 15) is 14.4 Å². The Morgan fingerprint density at radius 2 is 1.38 bits per heavy atom. The van der Waals surface area contributed by atoms with Crippen molar-refractivity contribution in [1.82, 2.24) is 9.80 Å². The quantitative estimate of drug-likeness (QED) is 0.471. The Labute approximate surface area is 193 Å². The van der Waals surface area contributed by atoms with Crippen molar-refractivity contribution < 1.29 is 28.6 Å². The fourth-order valence-electron chi connectivity index (χ4n) is 4.05. The molecule has 0 aromatic heterocycles. The number of hydrogen-bond donors (Lipinski definition) is 0. The zero-order chi connectivity index (χ0) is 23.3. The predicted octanol–water partition coefficient (Wildman–Crippen LogP) is 2.21. The lowest BCUT2D eigenvalue weighted by Crippen LogP contribution is -2.49. The molecule has 1 aromatic rings. The number of ether oxygens (including phenoxy) is 3. The summed E-state index contributed by atoms with van der Waals surface area (Å²) in [7, 11) is 0. The van der Waals surface area contributed by atoms with E-state index in [2.05, 4.69) is 0 Å². The van der Waals surface area contributed by atoms with Crippen LogP contribution in [-0.2, 0) is 23.8 Å². The second-order valence-corrected chi connectivity index (χ2v) is 9.49. The van der Waals surface area contributed by atoms with Crippen LogP contribution < -0.4 is 0 Å². The Kier molecular flexibility index (Phi) is 8.56. The van der Waals surface area contributed by atoms with Gasteiger partial charge in [-0.1, -0.05) is 12.1 Å². The van der Waals surface area contributed by atoms with Crippen LogP contribution in [0.2, 0.25) is 0 Å². The van der Waals surface area contributed by atoms with Gasteiger partial charge < -0.3 is 24.0 Å². The lowest BCUT2D eigenvalue weighted by atomic mass is 10.2. The Morgan fingerprint density at radius 3 is 1.94 bits per heavy atom. The minimum atomic E-state index is -0.572. The van der Waals surface area contributed by atoms with Crippen molar-refractivity contribution >= 4 is 29.5 Å². The summed E-state index contributed by atoms with van der Waals surface area (Å²) in [6, 6.07) is 6.98. The molecule has 2 aliphatic rings. The average Bonchev–Trinajstić information content (AvgIpc) is 2.74. The third kappa shape index (κ3) is 6.70. The van der Waals surface area contributed by atoms with Crippen molar-refractivity contribution in [1.29, 1.82) is 0 Å². The van der Waals surface area contributed by atoms with E-state index in [1.165, 1.54) is 11.8 Å². The fraction of sp³-hybridized carbons (Fsp3) is 0.609. The van der Waals surface area contributed by atoms with Crippen molar-refractivity contribution in [3.63, 3.8) is 0 Å². The van der Waals surface area contributed by atoms with Gasteiger partial charge in [-0.3, -0.25) is 9.59 Å². The molecule has 0 spiro atoms. The standard InChI is InChI=1S/C23H32N2O6S/c1-15-9-24(10-16(2)30-15)21(26)13-29-23(28)19-7-5-6-8-20(19)32-14-22(27)25-11-17(3)31-18(4)12-25/h5-8,15-18H,9-14H2,1-4H3/t15-,16-,17+,18+/m1/s1. The summed E-state index contributed by atoms with van der Waals surface area (Å²) in [5.74, 6) is -0.592. The highest BCUT2D eigenvalue weighted by molar-refractivity contribution is 8.00. The Hall–Kier alpha value is -2.10. The zero-order valence-electron chi connectivity index (χ0n) is 19.1. The van der Waals surface area contributed by atoms with Crippen LogP contribution in [0, 0.1) is 0 Å². The number of hydrogen-bond acceptors (Lipinski definition) is 7. The first-order valence-corrected chi connectivity index (χ1v) is 12.0. The van der Waals surface area contributed by atoms with Gasteiger partial charge in [0.2, 0.25) is 5.91 Å². The van der Waals surface area contributed by atoms with E-state index >= 15 is 0 Å². The summed E-state index contributed by atoms with van der Waals surface area (Å²) in [5, 5.41) is 0. The maximum atomic E-state index is 12.7. The van der Waals surface area contributed by atoms with E-state index in [1.807, 2.05) is 33.8 Å². The van der Waals surface area contributed by atoms with Crippen LogP contribution in [-0.4, -0.2) is 90.5 Å². The number of carbonyl (C=O) groups is 3. The first-order chi connectivity index (χ1) is 15.2. The Morgan fingerprint density at radius 1 is 0.875 bits per heavy atom. The normalized spacial score (nSPS) is 26.0. The van der Waals surface area contributed by atoms with Crippen LogP contribution in [0.15, 0.2) is 29.2 Å². The summed E-state index contributed by atoms with van der Waals surface area (Å²) in [4.78, 5) is 41.9. The van der Waals surface area contributed by atoms with Gasteiger partial charge in [0.15, 0.2) is 6.61 Å². The number of nitrogens with zero attached hydrogens (tertiary/aromatic N) is 2. The third-order valence-corrected chi connectivity index (χ3v) is 6.39. The lowest BCUT2D eigenvalue weighted by molar-refractivity contribution is -0.146. The van der Waals surface area contributed by atoms with E-state index in [4.69, 9.17) is 14.2 Å². The molecule has 0 bridgehead atoms. The van der Waals surface area contributed by atoms with E-state index in [0.717, 1.165) is 0 Å². The summed E-state index contributed by atoms with van der Waals surface area (Å²) < 4.78 is 16.6. The Balaban J connectivity index is 1.54. The van der Waals surface area contributed by atoms with Crippen LogP contribution in [0.4, 0.5) is 0 Å². The number of esters is 1. The highest BCUT2D eigenvalue weighted by Crippen LogP contribution is 2.24. The third-order valence-electron chi connectivity index (χ3n) is 5.33. The smallest absolute Gasteiger partial charge is 0.339 e. The topological polar surface area (TPSA) is 85.4 Å². The molecule has 0 unspecified atom stereocenters. The van der Waals surface area contributed by atoms with Crippen LogP contribution in [0.1, 0.15) is 38.1 Å². The molecule has 0 N–H and O–H groups in total. The number of morpholine rings is 2. The van der Waals surface area contributed by atoms with Crippen molar-refractivity contribution in [3.05, 3.63) is 29.8 Å². The molecule has 2 heterocycles. The minimum Gasteiger partial charge on any atom is -0.452 e. The van der Waals surface area contributed by atoms with Crippen LogP contribution in [0.5, 0.6) is 0 Å². The van der Waals surface area contributed by atoms with Crippen LogP contribution in [0.3, 0.4) is 0 Å². The molecule has 2 aliphatic heterocycles. The van der Waals surface area contributed by atoms with E-state index < -0.39 is 5.97 Å². The number of thioether (sulfide) groups is 1. The predicted molar refractivity (Wildman–Crippen MR) is 121 cm³/mol. The van der Waals surface area contributed by atoms with Crippen molar-refractivity contribution in [3.8, 4) is 0 Å². The van der Waals surface area contributed by atoms with Crippen molar-refractivity contribution in [2.24, 2.45) is 0 Å². The summed E-state index contributed by atoms with van der Waals surface area (Å²) in [6.07, 6.45) is -0.0918. The molecule has 176 valence electrons. The Bertz CT molecular complexity index is 814. The number of carbonyl (C=O) groups excluding carboxylic acids is 3. The van der Waals surface area contributed by atoms with Crippen LogP contribution >= 0.6 is 11.8 Å². The van der Waals surface area contributed by atoms with Gasteiger partial charge in [-0.15, -0.1) is 11.8 Å². The number of amides is 2. The maximum absolute atomic E-state index is 12.7. The molecule has 0 aliphatic carbocycles. The molecule has 2 amide bonds. The maximum Gasteiger partial charge on any atom is 0.339 e. The van der Waals surface area contributed by atoms with E-state index in [0.29, 0.717) is 36.6 Å². The summed E-state index contributed by atoms with van der Waals surface area (Å²) in [5.41, 5.74) is 0.352. The van der Waals surface area contributed by atoms with Crippen molar-refractivity contribution in [2.75, 3.05) is 38.5 Å². The molecular formula is C23H32N2O6S. The first-order valence-electron chi connectivity index (χ1n) is 11.0. The molecule has 4 atom stereocenters. The molecule has 9 heteroatoms. The second kappa shape index (κ2) is 11.2. The molecule has 32 heavy (non-hydrogen) atoms. The van der Waals surface area contributed by atoms with Gasteiger partial charge in [-0.25, -0.2) is 4.79 Å². The van der Waals surface area contributed by atoms with Gasteiger partial charge in [0.05, 0.1) is 35.7 Å². The average molecular weight is 465 g/mol. The largest absolute Gasteiger partial charge is 0.452 e. The first kappa shape index (κ1) is 24.5. The van der Waals surface area contributed by atoms with Gasteiger partial charge in [-0.2, -0.15) is 0 Å². The molecule has 8 nitrogen and oxygen atoms in total. The van der Waals surface area contributed by atoms with Gasteiger partial charge in [-0.05, 0) is 39.8 Å².